The predicted octanol–water partition coefficient (Wildman–Crippen LogP) is 14.5. The van der Waals surface area contributed by atoms with Crippen molar-refractivity contribution in [3.8, 4) is 33.9 Å². The summed E-state index contributed by atoms with van der Waals surface area (Å²) in [5.74, 6) is 0.676. The minimum absolute atomic E-state index is 0.00406. The summed E-state index contributed by atoms with van der Waals surface area (Å²) in [5.41, 5.74) is 18.1. The first-order valence-corrected chi connectivity index (χ1v) is 23.5. The molecule has 0 bridgehead atoms. The zero-order chi connectivity index (χ0) is 45.6. The molecule has 0 amide bonds. The van der Waals surface area contributed by atoms with Gasteiger partial charge in [0.25, 0.3) is 6.71 Å². The van der Waals surface area contributed by atoms with Crippen molar-refractivity contribution in [1.82, 2.24) is 9.97 Å². The average Bonchev–Trinajstić information content (AvgIpc) is 3.35. The Bertz CT molecular complexity index is 3310. The summed E-state index contributed by atoms with van der Waals surface area (Å²) in [6.45, 7) is 13.6. The van der Waals surface area contributed by atoms with E-state index in [-0.39, 0.29) is 17.5 Å². The summed E-state index contributed by atoms with van der Waals surface area (Å²) in [7, 11) is 0. The Labute approximate surface area is 394 Å². The monoisotopic (exact) mass is 862 g/mol. The first kappa shape index (κ1) is 40.7. The fraction of sp³-hybridized carbons (Fsp3) is 0.129. The fourth-order valence-electron chi connectivity index (χ4n) is 10.5. The number of benzene rings is 9. The maximum Gasteiger partial charge on any atom is 0.253 e. The van der Waals surface area contributed by atoms with Crippen LogP contribution in [0.4, 0.5) is 34.1 Å². The number of fused-ring (bicyclic) bond motifs is 8. The molecular weight excluding hydrogens is 812 g/mol. The van der Waals surface area contributed by atoms with Gasteiger partial charge in [-0.05, 0) is 114 Å². The number of aromatic nitrogens is 2. The van der Waals surface area contributed by atoms with Gasteiger partial charge in [0.15, 0.2) is 5.82 Å². The number of hydrogen-bond donors (Lipinski definition) is 0. The minimum Gasteiger partial charge on any atom is -0.311 e. The zero-order valence-corrected chi connectivity index (χ0v) is 38.9. The van der Waals surface area contributed by atoms with E-state index >= 15 is 0 Å². The molecule has 0 N–H and O–H groups in total. The summed E-state index contributed by atoms with van der Waals surface area (Å²) >= 11 is 0. The van der Waals surface area contributed by atoms with E-state index < -0.39 is 0 Å². The Morgan fingerprint density at radius 3 is 1.18 bits per heavy atom. The van der Waals surface area contributed by atoms with Crippen LogP contribution in [0.2, 0.25) is 0 Å². The molecule has 5 heteroatoms. The molecule has 0 radical (unpaired) electrons. The fourth-order valence-corrected chi connectivity index (χ4v) is 10.5. The summed E-state index contributed by atoms with van der Waals surface area (Å²) in [6, 6.07) is 73.5. The Morgan fingerprint density at radius 1 is 0.358 bits per heavy atom. The maximum absolute atomic E-state index is 5.46. The number of rotatable bonds is 5. The molecule has 67 heavy (non-hydrogen) atoms. The Kier molecular flexibility index (Phi) is 9.38. The van der Waals surface area contributed by atoms with Gasteiger partial charge >= 0.3 is 0 Å². The van der Waals surface area contributed by atoms with Gasteiger partial charge in [-0.1, -0.05) is 187 Å². The van der Waals surface area contributed by atoms with Gasteiger partial charge in [0, 0.05) is 50.8 Å². The van der Waals surface area contributed by atoms with Gasteiger partial charge in [-0.3, -0.25) is 0 Å². The number of anilines is 6. The van der Waals surface area contributed by atoms with Crippen molar-refractivity contribution in [2.45, 2.75) is 52.4 Å². The molecule has 2 aliphatic heterocycles. The molecule has 12 rings (SSSR count). The Hall–Kier alpha value is -7.76. The van der Waals surface area contributed by atoms with E-state index in [0.717, 1.165) is 50.8 Å². The topological polar surface area (TPSA) is 32.3 Å². The van der Waals surface area contributed by atoms with Gasteiger partial charge in [0.1, 0.15) is 0 Å². The van der Waals surface area contributed by atoms with Crippen molar-refractivity contribution < 1.29 is 0 Å². The standard InChI is InChI=1S/C62H51BN4/c1-61(2,3)45-27-31-47(32-28-45)66-53-35-25-40-17-13-15-23-49(40)57(53)63-58-50-24-16-14-18-41(50)26-36-54(58)67(48-33-29-46(30-34-48)62(4,5)6)56-38-44(37-55(66)59(56)63)60-64-51(42-19-9-7-10-20-42)39-52(65-60)43-21-11-8-12-22-43/h7-39H,1-6H3. The second kappa shape index (κ2) is 15.4. The molecular formula is C62H51BN4. The molecule has 0 atom stereocenters. The molecule has 3 heterocycles. The van der Waals surface area contributed by atoms with Crippen LogP contribution < -0.4 is 26.2 Å². The molecule has 4 nitrogen and oxygen atoms in total. The molecule has 9 aromatic carbocycles. The molecule has 10 aromatic rings. The Morgan fingerprint density at radius 2 is 0.761 bits per heavy atom. The normalized spacial score (nSPS) is 13.1. The molecule has 322 valence electrons. The van der Waals surface area contributed by atoms with E-state index in [1.54, 1.807) is 0 Å². The van der Waals surface area contributed by atoms with Crippen molar-refractivity contribution in [2.24, 2.45) is 0 Å². The average molecular weight is 863 g/mol. The van der Waals surface area contributed by atoms with E-state index in [0.29, 0.717) is 5.82 Å². The minimum atomic E-state index is -0.0899. The van der Waals surface area contributed by atoms with E-state index in [1.807, 2.05) is 0 Å². The van der Waals surface area contributed by atoms with Crippen LogP contribution in [-0.4, -0.2) is 16.7 Å². The van der Waals surface area contributed by atoms with Crippen LogP contribution in [0.15, 0.2) is 200 Å². The first-order chi connectivity index (χ1) is 32.5. The van der Waals surface area contributed by atoms with Crippen LogP contribution in [0.3, 0.4) is 0 Å². The third-order valence-electron chi connectivity index (χ3n) is 14.0. The smallest absolute Gasteiger partial charge is 0.253 e. The zero-order valence-electron chi connectivity index (χ0n) is 38.9. The van der Waals surface area contributed by atoms with E-state index in [1.165, 1.54) is 60.4 Å². The lowest BCUT2D eigenvalue weighted by Gasteiger charge is -2.45. The third kappa shape index (κ3) is 6.83. The van der Waals surface area contributed by atoms with E-state index in [9.17, 15) is 0 Å². The second-order valence-corrected chi connectivity index (χ2v) is 20.3. The number of nitrogens with zero attached hydrogens (tertiary/aromatic N) is 4. The summed E-state index contributed by atoms with van der Waals surface area (Å²) in [4.78, 5) is 15.9. The van der Waals surface area contributed by atoms with Gasteiger partial charge in [-0.15, -0.1) is 0 Å². The molecule has 0 spiro atoms. The SMILES string of the molecule is CC(C)(C)c1ccc(N2c3cc(-c4nc(-c5ccccc5)cc(-c5ccccc5)n4)cc4c3B(c3c2ccc2ccccc32)c2c(ccc3ccccc23)N4c2ccc(C(C)(C)C)cc2)cc1. The molecule has 1 aromatic heterocycles. The highest BCUT2D eigenvalue weighted by molar-refractivity contribution is 7.02. The quantitative estimate of drug-likeness (QED) is 0.161. The van der Waals surface area contributed by atoms with Gasteiger partial charge < -0.3 is 9.80 Å². The van der Waals surface area contributed by atoms with Crippen molar-refractivity contribution in [3.63, 3.8) is 0 Å². The maximum atomic E-state index is 5.46. The van der Waals surface area contributed by atoms with Gasteiger partial charge in [0.2, 0.25) is 0 Å². The highest BCUT2D eigenvalue weighted by Gasteiger charge is 2.45. The van der Waals surface area contributed by atoms with Gasteiger partial charge in [0.05, 0.1) is 11.4 Å². The van der Waals surface area contributed by atoms with Crippen molar-refractivity contribution in [1.29, 1.82) is 0 Å². The van der Waals surface area contributed by atoms with Crippen LogP contribution in [0.1, 0.15) is 52.7 Å². The van der Waals surface area contributed by atoms with Crippen LogP contribution >= 0.6 is 0 Å². The van der Waals surface area contributed by atoms with Crippen LogP contribution in [0.25, 0.3) is 55.4 Å². The second-order valence-electron chi connectivity index (χ2n) is 20.3. The summed E-state index contributed by atoms with van der Waals surface area (Å²) in [5, 5.41) is 4.98. The summed E-state index contributed by atoms with van der Waals surface area (Å²) < 4.78 is 0. The third-order valence-corrected chi connectivity index (χ3v) is 14.0. The lowest BCUT2D eigenvalue weighted by atomic mass is 9.32. The van der Waals surface area contributed by atoms with Gasteiger partial charge in [-0.2, -0.15) is 0 Å². The van der Waals surface area contributed by atoms with Crippen molar-refractivity contribution in [2.75, 3.05) is 9.80 Å². The van der Waals surface area contributed by atoms with Gasteiger partial charge in [-0.25, -0.2) is 9.97 Å². The molecule has 0 unspecified atom stereocenters. The Balaban J connectivity index is 1.22. The molecule has 2 aliphatic rings. The van der Waals surface area contributed by atoms with Crippen LogP contribution in [-0.2, 0) is 10.8 Å². The number of hydrogen-bond acceptors (Lipinski definition) is 4. The van der Waals surface area contributed by atoms with Crippen LogP contribution in [0, 0.1) is 0 Å². The highest BCUT2D eigenvalue weighted by Crippen LogP contribution is 2.48. The van der Waals surface area contributed by atoms with Crippen molar-refractivity contribution >= 4 is 78.8 Å². The molecule has 0 saturated carbocycles. The molecule has 0 saturated heterocycles. The molecule has 0 fully saturated rings. The highest BCUT2D eigenvalue weighted by atomic mass is 15.2. The lowest BCUT2D eigenvalue weighted by molar-refractivity contribution is 0.590. The van der Waals surface area contributed by atoms with Crippen molar-refractivity contribution in [3.05, 3.63) is 211 Å². The van der Waals surface area contributed by atoms with E-state index in [4.69, 9.17) is 9.97 Å². The van der Waals surface area contributed by atoms with Crippen LogP contribution in [0.5, 0.6) is 0 Å². The van der Waals surface area contributed by atoms with E-state index in [2.05, 4.69) is 252 Å². The first-order valence-electron chi connectivity index (χ1n) is 23.5. The molecule has 0 aliphatic carbocycles. The lowest BCUT2D eigenvalue weighted by Crippen LogP contribution is -2.61. The summed E-state index contributed by atoms with van der Waals surface area (Å²) in [6.07, 6.45) is 0. The largest absolute Gasteiger partial charge is 0.311 e. The predicted molar refractivity (Wildman–Crippen MR) is 285 cm³/mol.